The molecule has 0 saturated heterocycles. The number of hydrogen-bond acceptors (Lipinski definition) is 6. The molecule has 2 amide bonds. The van der Waals surface area contributed by atoms with Gasteiger partial charge in [0.05, 0.1) is 11.9 Å². The normalized spacial score (nSPS) is 13.0. The van der Waals surface area contributed by atoms with Crippen LogP contribution in [0, 0.1) is 5.82 Å². The highest BCUT2D eigenvalue weighted by Crippen LogP contribution is 2.36. The standard InChI is InChI=1S/C29H32FN3O6S/c1-3-15-31-29(35)25(16-21-9-5-4-6-10-21)32(18-22-11-7-8-12-24(22)30)28(34)19-33(40(2,36)37)23-13-14-26-27(17-23)39-20-38-26/h4-14,17,25H,3,15-16,18-20H2,1-2H3,(H,31,35)/t25-/m1/s1. The number of hydrogen-bond donors (Lipinski definition) is 1. The molecule has 0 aromatic heterocycles. The number of carbonyl (C=O) groups is 2. The molecule has 0 saturated carbocycles. The van der Waals surface area contributed by atoms with Crippen molar-refractivity contribution < 1.29 is 31.9 Å². The second-order valence-corrected chi connectivity index (χ2v) is 11.3. The van der Waals surface area contributed by atoms with Gasteiger partial charge in [-0.05, 0) is 30.2 Å². The van der Waals surface area contributed by atoms with Gasteiger partial charge in [-0.25, -0.2) is 12.8 Å². The molecule has 0 bridgehead atoms. The maximum absolute atomic E-state index is 14.8. The molecule has 1 atom stereocenters. The fourth-order valence-corrected chi connectivity index (χ4v) is 5.23. The molecule has 0 radical (unpaired) electrons. The van der Waals surface area contributed by atoms with Crippen molar-refractivity contribution in [2.45, 2.75) is 32.4 Å². The molecule has 3 aromatic carbocycles. The molecular weight excluding hydrogens is 537 g/mol. The Labute approximate surface area is 233 Å². The molecule has 0 fully saturated rings. The Bertz CT molecular complexity index is 1450. The lowest BCUT2D eigenvalue weighted by Gasteiger charge is -2.33. The number of benzene rings is 3. The van der Waals surface area contributed by atoms with Crippen molar-refractivity contribution in [2.75, 3.05) is 30.4 Å². The highest BCUT2D eigenvalue weighted by molar-refractivity contribution is 7.92. The highest BCUT2D eigenvalue weighted by Gasteiger charge is 2.33. The van der Waals surface area contributed by atoms with Gasteiger partial charge in [-0.15, -0.1) is 0 Å². The molecule has 1 aliphatic heterocycles. The Morgan fingerprint density at radius 3 is 2.40 bits per heavy atom. The Kier molecular flexibility index (Phi) is 9.26. The van der Waals surface area contributed by atoms with Crippen LogP contribution in [0.15, 0.2) is 72.8 Å². The summed E-state index contributed by atoms with van der Waals surface area (Å²) in [6.07, 6.45) is 1.82. The van der Waals surface area contributed by atoms with Crippen molar-refractivity contribution in [1.29, 1.82) is 0 Å². The van der Waals surface area contributed by atoms with Gasteiger partial charge >= 0.3 is 0 Å². The van der Waals surface area contributed by atoms with E-state index in [0.717, 1.165) is 16.1 Å². The van der Waals surface area contributed by atoms with E-state index in [0.29, 0.717) is 24.5 Å². The molecule has 0 unspecified atom stereocenters. The molecular formula is C29H32FN3O6S. The average molecular weight is 570 g/mol. The second-order valence-electron chi connectivity index (χ2n) is 9.42. The number of halogens is 1. The topological polar surface area (TPSA) is 105 Å². The van der Waals surface area contributed by atoms with Gasteiger partial charge in [0.25, 0.3) is 0 Å². The summed E-state index contributed by atoms with van der Waals surface area (Å²) in [4.78, 5) is 28.7. The third-order valence-corrected chi connectivity index (χ3v) is 7.58. The summed E-state index contributed by atoms with van der Waals surface area (Å²) in [5.41, 5.74) is 1.19. The van der Waals surface area contributed by atoms with Gasteiger partial charge in [0.2, 0.25) is 28.6 Å². The van der Waals surface area contributed by atoms with E-state index in [2.05, 4.69) is 5.32 Å². The molecule has 1 heterocycles. The highest BCUT2D eigenvalue weighted by atomic mass is 32.2. The number of rotatable bonds is 12. The zero-order valence-electron chi connectivity index (χ0n) is 22.4. The average Bonchev–Trinajstić information content (AvgIpc) is 3.41. The Hall–Kier alpha value is -4.12. The quantitative estimate of drug-likeness (QED) is 0.358. The maximum atomic E-state index is 14.8. The summed E-state index contributed by atoms with van der Waals surface area (Å²) in [6.45, 7) is 1.45. The van der Waals surface area contributed by atoms with Gasteiger partial charge in [0.15, 0.2) is 11.5 Å². The summed E-state index contributed by atoms with van der Waals surface area (Å²) in [6, 6.07) is 18.7. The van der Waals surface area contributed by atoms with E-state index in [1.807, 2.05) is 37.3 Å². The van der Waals surface area contributed by atoms with Crippen molar-refractivity contribution in [2.24, 2.45) is 0 Å². The van der Waals surface area contributed by atoms with Crippen LogP contribution in [-0.2, 0) is 32.6 Å². The van der Waals surface area contributed by atoms with Gasteiger partial charge in [0, 0.05) is 31.1 Å². The minimum absolute atomic E-state index is 0.00104. The number of anilines is 1. The first-order chi connectivity index (χ1) is 19.2. The second kappa shape index (κ2) is 12.8. The van der Waals surface area contributed by atoms with Gasteiger partial charge in [-0.3, -0.25) is 13.9 Å². The van der Waals surface area contributed by atoms with E-state index in [9.17, 15) is 22.4 Å². The van der Waals surface area contributed by atoms with Gasteiger partial charge in [0.1, 0.15) is 18.4 Å². The maximum Gasteiger partial charge on any atom is 0.244 e. The van der Waals surface area contributed by atoms with E-state index >= 15 is 0 Å². The van der Waals surface area contributed by atoms with Crippen LogP contribution >= 0.6 is 0 Å². The van der Waals surface area contributed by atoms with Crippen molar-refractivity contribution >= 4 is 27.5 Å². The number of nitrogens with zero attached hydrogens (tertiary/aromatic N) is 2. The molecule has 9 nitrogen and oxygen atoms in total. The number of ether oxygens (including phenoxy) is 2. The van der Waals surface area contributed by atoms with Crippen LogP contribution in [0.3, 0.4) is 0 Å². The van der Waals surface area contributed by atoms with Gasteiger partial charge in [-0.2, -0.15) is 0 Å². The number of sulfonamides is 1. The van der Waals surface area contributed by atoms with E-state index in [1.54, 1.807) is 12.1 Å². The molecule has 1 aliphatic rings. The smallest absolute Gasteiger partial charge is 0.244 e. The molecule has 3 aromatic rings. The van der Waals surface area contributed by atoms with Crippen LogP contribution in [0.5, 0.6) is 11.5 Å². The first-order valence-corrected chi connectivity index (χ1v) is 14.7. The predicted octanol–water partition coefficient (Wildman–Crippen LogP) is 3.49. The first-order valence-electron chi connectivity index (χ1n) is 12.9. The molecule has 4 rings (SSSR count). The summed E-state index contributed by atoms with van der Waals surface area (Å²) >= 11 is 0. The minimum atomic E-state index is -3.95. The minimum Gasteiger partial charge on any atom is -0.454 e. The lowest BCUT2D eigenvalue weighted by Crippen LogP contribution is -2.53. The summed E-state index contributed by atoms with van der Waals surface area (Å²) in [5.74, 6) is -0.810. The fraction of sp³-hybridized carbons (Fsp3) is 0.310. The van der Waals surface area contributed by atoms with Crippen molar-refractivity contribution in [3.8, 4) is 11.5 Å². The molecule has 40 heavy (non-hydrogen) atoms. The number of nitrogens with one attached hydrogen (secondary N) is 1. The Balaban J connectivity index is 1.72. The lowest BCUT2D eigenvalue weighted by molar-refractivity contribution is -0.140. The van der Waals surface area contributed by atoms with Crippen LogP contribution in [0.25, 0.3) is 0 Å². The lowest BCUT2D eigenvalue weighted by atomic mass is 10.0. The SMILES string of the molecule is CCCNC(=O)[C@@H](Cc1ccccc1)N(Cc1ccccc1F)C(=O)CN(c1ccc2c(c1)OCO2)S(C)(=O)=O. The van der Waals surface area contributed by atoms with Crippen LogP contribution < -0.4 is 19.1 Å². The Morgan fingerprint density at radius 2 is 1.70 bits per heavy atom. The van der Waals surface area contributed by atoms with E-state index < -0.39 is 40.2 Å². The van der Waals surface area contributed by atoms with Crippen molar-refractivity contribution in [1.82, 2.24) is 10.2 Å². The third kappa shape index (κ3) is 7.09. The van der Waals surface area contributed by atoms with Crippen LogP contribution in [0.1, 0.15) is 24.5 Å². The number of fused-ring (bicyclic) bond motifs is 1. The monoisotopic (exact) mass is 569 g/mol. The van der Waals surface area contributed by atoms with Crippen LogP contribution in [0.4, 0.5) is 10.1 Å². The largest absolute Gasteiger partial charge is 0.454 e. The first kappa shape index (κ1) is 28.9. The molecule has 1 N–H and O–H groups in total. The zero-order valence-corrected chi connectivity index (χ0v) is 23.2. The third-order valence-electron chi connectivity index (χ3n) is 6.44. The summed E-state index contributed by atoms with van der Waals surface area (Å²) in [7, 11) is -3.95. The van der Waals surface area contributed by atoms with Gasteiger partial charge in [-0.1, -0.05) is 55.5 Å². The van der Waals surface area contributed by atoms with Crippen LogP contribution in [0.2, 0.25) is 0 Å². The van der Waals surface area contributed by atoms with E-state index in [4.69, 9.17) is 9.47 Å². The molecule has 212 valence electrons. The summed E-state index contributed by atoms with van der Waals surface area (Å²) in [5, 5.41) is 2.84. The molecule has 0 spiro atoms. The Morgan fingerprint density at radius 1 is 1.00 bits per heavy atom. The number of carbonyl (C=O) groups excluding carboxylic acids is 2. The fourth-order valence-electron chi connectivity index (χ4n) is 4.38. The van der Waals surface area contributed by atoms with E-state index in [-0.39, 0.29) is 31.0 Å². The van der Waals surface area contributed by atoms with Crippen LogP contribution in [-0.4, -0.2) is 57.3 Å². The molecule has 0 aliphatic carbocycles. The van der Waals surface area contributed by atoms with Gasteiger partial charge < -0.3 is 19.7 Å². The predicted molar refractivity (Wildman–Crippen MR) is 149 cm³/mol. The molecule has 11 heteroatoms. The van der Waals surface area contributed by atoms with E-state index in [1.165, 1.54) is 35.2 Å². The number of amides is 2. The van der Waals surface area contributed by atoms with Crippen molar-refractivity contribution in [3.05, 3.63) is 89.7 Å². The summed E-state index contributed by atoms with van der Waals surface area (Å²) < 4.78 is 52.2. The van der Waals surface area contributed by atoms with Crippen molar-refractivity contribution in [3.63, 3.8) is 0 Å². The zero-order chi connectivity index (χ0) is 28.7.